The quantitative estimate of drug-likeness (QED) is 0.705. The Morgan fingerprint density at radius 2 is 2.27 bits per heavy atom. The van der Waals surface area contributed by atoms with Gasteiger partial charge in [0.15, 0.2) is 0 Å². The van der Waals surface area contributed by atoms with Gasteiger partial charge in [0, 0.05) is 21.1 Å². The van der Waals surface area contributed by atoms with Crippen molar-refractivity contribution >= 4 is 29.1 Å². The first kappa shape index (κ1) is 11.4. The molecule has 0 fully saturated rings. The van der Waals surface area contributed by atoms with Gasteiger partial charge in [0.05, 0.1) is 11.8 Å². The third-order valence-electron chi connectivity index (χ3n) is 1.84. The lowest BCUT2D eigenvalue weighted by Gasteiger charge is -2.13. The summed E-state index contributed by atoms with van der Waals surface area (Å²) >= 11 is 4.84. The first-order chi connectivity index (χ1) is 6.93. The highest BCUT2D eigenvalue weighted by molar-refractivity contribution is 7.80. The molecule has 3 N–H and O–H groups in total. The van der Waals surface area contributed by atoms with Crippen molar-refractivity contribution in [2.24, 2.45) is 12.8 Å². The second-order valence-electron chi connectivity index (χ2n) is 3.22. The third-order valence-corrected chi connectivity index (χ3v) is 2.06. The molecule has 0 spiro atoms. The van der Waals surface area contributed by atoms with Crippen LogP contribution in [-0.4, -0.2) is 39.8 Å². The summed E-state index contributed by atoms with van der Waals surface area (Å²) in [4.78, 5) is 13.0. The molecule has 0 aliphatic heterocycles. The van der Waals surface area contributed by atoms with Crippen molar-refractivity contribution in [1.82, 2.24) is 14.7 Å². The first-order valence-electron chi connectivity index (χ1n) is 4.23. The molecule has 0 aliphatic carbocycles. The lowest BCUT2D eigenvalue weighted by Crippen LogP contribution is -2.29. The lowest BCUT2D eigenvalue weighted by molar-refractivity contribution is 0.230. The van der Waals surface area contributed by atoms with Gasteiger partial charge in [-0.3, -0.25) is 10.00 Å². The van der Waals surface area contributed by atoms with Gasteiger partial charge in [0.1, 0.15) is 10.8 Å². The summed E-state index contributed by atoms with van der Waals surface area (Å²) in [6.45, 7) is 0. The molecule has 1 rings (SSSR count). The summed E-state index contributed by atoms with van der Waals surface area (Å²) in [6.07, 6.45) is 1.52. The van der Waals surface area contributed by atoms with Crippen LogP contribution in [0.1, 0.15) is 5.56 Å². The maximum atomic E-state index is 11.4. The molecule has 82 valence electrons. The molecule has 6 nitrogen and oxygen atoms in total. The number of nitrogens with one attached hydrogen (secondary N) is 1. The Kier molecular flexibility index (Phi) is 3.25. The fraction of sp³-hybridized carbons (Fsp3) is 0.375. The number of amides is 2. The van der Waals surface area contributed by atoms with Crippen molar-refractivity contribution in [2.45, 2.75) is 0 Å². The number of nitrogens with zero attached hydrogens (tertiary/aromatic N) is 3. The van der Waals surface area contributed by atoms with Crippen molar-refractivity contribution < 1.29 is 4.79 Å². The van der Waals surface area contributed by atoms with Crippen LogP contribution in [-0.2, 0) is 7.05 Å². The normalized spacial score (nSPS) is 9.80. The predicted molar refractivity (Wildman–Crippen MR) is 61.8 cm³/mol. The molecule has 1 heterocycles. The van der Waals surface area contributed by atoms with E-state index in [-0.39, 0.29) is 11.0 Å². The first-order valence-corrected chi connectivity index (χ1v) is 4.64. The van der Waals surface area contributed by atoms with E-state index in [9.17, 15) is 4.79 Å². The molecule has 0 aliphatic rings. The van der Waals surface area contributed by atoms with E-state index in [2.05, 4.69) is 10.4 Å². The molecule has 0 saturated carbocycles. The summed E-state index contributed by atoms with van der Waals surface area (Å²) in [6, 6.07) is -0.254. The highest BCUT2D eigenvalue weighted by Crippen LogP contribution is 2.13. The zero-order valence-corrected chi connectivity index (χ0v) is 9.63. The number of urea groups is 1. The van der Waals surface area contributed by atoms with E-state index in [1.807, 2.05) is 0 Å². The molecule has 0 aromatic carbocycles. The van der Waals surface area contributed by atoms with Gasteiger partial charge in [-0.25, -0.2) is 4.79 Å². The fourth-order valence-electron chi connectivity index (χ4n) is 0.979. The number of nitrogens with two attached hydrogens (primary N) is 1. The SMILES string of the molecule is CN(C)C(=O)Nc1c(C(N)=S)cnn1C. The molecule has 15 heavy (non-hydrogen) atoms. The van der Waals surface area contributed by atoms with Crippen LogP contribution in [0.2, 0.25) is 0 Å². The van der Waals surface area contributed by atoms with Crippen LogP contribution < -0.4 is 11.1 Å². The van der Waals surface area contributed by atoms with Crippen molar-refractivity contribution in [1.29, 1.82) is 0 Å². The summed E-state index contributed by atoms with van der Waals surface area (Å²) in [5, 5.41) is 6.63. The van der Waals surface area contributed by atoms with Gasteiger partial charge in [-0.2, -0.15) is 5.10 Å². The van der Waals surface area contributed by atoms with Crippen LogP contribution >= 0.6 is 12.2 Å². The van der Waals surface area contributed by atoms with Crippen molar-refractivity contribution in [2.75, 3.05) is 19.4 Å². The van der Waals surface area contributed by atoms with E-state index < -0.39 is 0 Å². The van der Waals surface area contributed by atoms with Crippen molar-refractivity contribution in [3.8, 4) is 0 Å². The van der Waals surface area contributed by atoms with Gasteiger partial charge < -0.3 is 10.6 Å². The molecule has 1 aromatic heterocycles. The van der Waals surface area contributed by atoms with E-state index in [4.69, 9.17) is 18.0 Å². The average molecular weight is 227 g/mol. The minimum absolute atomic E-state index is 0.206. The second kappa shape index (κ2) is 4.26. The number of hydrogen-bond acceptors (Lipinski definition) is 3. The Labute approximate surface area is 93.0 Å². The molecule has 2 amide bonds. The second-order valence-corrected chi connectivity index (χ2v) is 3.66. The highest BCUT2D eigenvalue weighted by atomic mass is 32.1. The van der Waals surface area contributed by atoms with Crippen LogP contribution in [0.15, 0.2) is 6.20 Å². The van der Waals surface area contributed by atoms with E-state index in [1.165, 1.54) is 15.8 Å². The molecular formula is C8H13N5OS. The van der Waals surface area contributed by atoms with Crippen LogP contribution in [0.3, 0.4) is 0 Å². The Balaban J connectivity index is 2.98. The van der Waals surface area contributed by atoms with Crippen LogP contribution in [0.25, 0.3) is 0 Å². The number of thiocarbonyl (C=S) groups is 1. The van der Waals surface area contributed by atoms with Crippen LogP contribution in [0.4, 0.5) is 10.6 Å². The monoisotopic (exact) mass is 227 g/mol. The maximum absolute atomic E-state index is 11.4. The number of aromatic nitrogens is 2. The summed E-state index contributed by atoms with van der Waals surface area (Å²) in [7, 11) is 4.99. The van der Waals surface area contributed by atoms with E-state index in [1.54, 1.807) is 21.1 Å². The largest absolute Gasteiger partial charge is 0.389 e. The fourth-order valence-corrected chi connectivity index (χ4v) is 1.13. The standard InChI is InChI=1S/C8H13N5OS/c1-12(2)8(14)11-7-5(6(9)15)4-10-13(7)3/h4H,1-3H3,(H2,9,15)(H,11,14). The summed E-state index contributed by atoms with van der Waals surface area (Å²) in [5.41, 5.74) is 6.05. The predicted octanol–water partition coefficient (Wildman–Crippen LogP) is 0.148. The lowest BCUT2D eigenvalue weighted by atomic mass is 10.3. The van der Waals surface area contributed by atoms with Gasteiger partial charge in [-0.1, -0.05) is 12.2 Å². The molecule has 0 unspecified atom stereocenters. The highest BCUT2D eigenvalue weighted by Gasteiger charge is 2.14. The summed E-state index contributed by atoms with van der Waals surface area (Å²) in [5.74, 6) is 0.501. The number of rotatable bonds is 2. The maximum Gasteiger partial charge on any atom is 0.322 e. The number of anilines is 1. The number of carbonyl (C=O) groups is 1. The molecular weight excluding hydrogens is 214 g/mol. The van der Waals surface area contributed by atoms with E-state index in [0.717, 1.165) is 0 Å². The molecule has 0 saturated heterocycles. The smallest absolute Gasteiger partial charge is 0.322 e. The van der Waals surface area contributed by atoms with Gasteiger partial charge in [0.2, 0.25) is 0 Å². The molecule has 0 radical (unpaired) electrons. The van der Waals surface area contributed by atoms with E-state index in [0.29, 0.717) is 11.4 Å². The summed E-state index contributed by atoms with van der Waals surface area (Å²) < 4.78 is 1.51. The third kappa shape index (κ3) is 2.44. The Hall–Kier alpha value is -1.63. The number of carbonyl (C=O) groups excluding carboxylic acids is 1. The minimum atomic E-state index is -0.254. The molecule has 7 heteroatoms. The van der Waals surface area contributed by atoms with Crippen LogP contribution in [0, 0.1) is 0 Å². The Morgan fingerprint density at radius 3 is 2.73 bits per heavy atom. The minimum Gasteiger partial charge on any atom is -0.389 e. The zero-order valence-electron chi connectivity index (χ0n) is 8.81. The van der Waals surface area contributed by atoms with E-state index >= 15 is 0 Å². The Bertz CT molecular complexity index is 398. The van der Waals surface area contributed by atoms with Gasteiger partial charge in [-0.05, 0) is 0 Å². The molecule has 0 bridgehead atoms. The van der Waals surface area contributed by atoms with Crippen LogP contribution in [0.5, 0.6) is 0 Å². The molecule has 1 aromatic rings. The van der Waals surface area contributed by atoms with Gasteiger partial charge in [-0.15, -0.1) is 0 Å². The van der Waals surface area contributed by atoms with Gasteiger partial charge >= 0.3 is 6.03 Å². The average Bonchev–Trinajstić information content (AvgIpc) is 2.48. The number of aryl methyl sites for hydroxylation is 1. The Morgan fingerprint density at radius 1 is 1.67 bits per heavy atom. The van der Waals surface area contributed by atoms with Crippen molar-refractivity contribution in [3.63, 3.8) is 0 Å². The molecule has 0 atom stereocenters. The van der Waals surface area contributed by atoms with Crippen molar-refractivity contribution in [3.05, 3.63) is 11.8 Å². The van der Waals surface area contributed by atoms with Gasteiger partial charge in [0.25, 0.3) is 0 Å². The zero-order chi connectivity index (χ0) is 11.6. The number of hydrogen-bond donors (Lipinski definition) is 2. The topological polar surface area (TPSA) is 76.2 Å².